The van der Waals surface area contributed by atoms with Crippen LogP contribution < -0.4 is 9.47 Å². The Labute approximate surface area is 155 Å². The maximum atomic E-state index is 6.07. The molecule has 0 aliphatic carbocycles. The number of halogens is 1. The quantitative estimate of drug-likeness (QED) is 0.439. The van der Waals surface area contributed by atoms with Crippen LogP contribution in [0, 0.1) is 0 Å². The topological polar surface area (TPSA) is 62.1 Å². The Hall–Kier alpha value is -2.25. The summed E-state index contributed by atoms with van der Waals surface area (Å²) in [4.78, 5) is 0. The van der Waals surface area contributed by atoms with Crippen molar-refractivity contribution in [2.45, 2.75) is 12.1 Å². The van der Waals surface area contributed by atoms with Crippen LogP contribution in [0.2, 0.25) is 5.02 Å². The van der Waals surface area contributed by atoms with E-state index in [1.165, 1.54) is 11.8 Å². The lowest BCUT2D eigenvalue weighted by molar-refractivity contribution is 0.337. The number of benzene rings is 2. The zero-order valence-corrected chi connectivity index (χ0v) is 15.2. The van der Waals surface area contributed by atoms with E-state index in [2.05, 4.69) is 15.5 Å². The molecule has 3 rings (SSSR count). The summed E-state index contributed by atoms with van der Waals surface area (Å²) in [6, 6.07) is 15.1. The first-order chi connectivity index (χ1) is 12.3. The molecular formula is C17H17ClN4O2S. The van der Waals surface area contributed by atoms with Gasteiger partial charge in [0.1, 0.15) is 17.2 Å². The Kier molecular flexibility index (Phi) is 6.14. The van der Waals surface area contributed by atoms with Gasteiger partial charge in [-0.2, -0.15) is 4.68 Å². The summed E-state index contributed by atoms with van der Waals surface area (Å²) in [5, 5.41) is 13.2. The molecule has 6 nitrogen and oxygen atoms in total. The van der Waals surface area contributed by atoms with E-state index in [1.807, 2.05) is 49.4 Å². The molecule has 8 heteroatoms. The summed E-state index contributed by atoms with van der Waals surface area (Å²) < 4.78 is 13.0. The molecule has 25 heavy (non-hydrogen) atoms. The Balaban J connectivity index is 1.64. The Morgan fingerprint density at radius 3 is 2.60 bits per heavy atom. The third kappa shape index (κ3) is 4.43. The van der Waals surface area contributed by atoms with E-state index < -0.39 is 0 Å². The summed E-state index contributed by atoms with van der Waals surface area (Å²) in [5.74, 6) is 2.10. The number of aromatic nitrogens is 4. The van der Waals surface area contributed by atoms with Crippen LogP contribution in [0.15, 0.2) is 53.7 Å². The standard InChI is InChI=1S/C17H17ClN4O2S/c1-2-23-16-10-6-4-8-14(16)22-17(19-20-21-22)25-12-11-24-15-9-5-3-7-13(15)18/h3-10H,2,11-12H2,1H3. The van der Waals surface area contributed by atoms with Crippen LogP contribution in [0.25, 0.3) is 5.69 Å². The van der Waals surface area contributed by atoms with Crippen molar-refractivity contribution < 1.29 is 9.47 Å². The molecule has 3 aromatic rings. The monoisotopic (exact) mass is 376 g/mol. The van der Waals surface area contributed by atoms with Gasteiger partial charge in [0.15, 0.2) is 0 Å². The molecule has 0 aliphatic rings. The van der Waals surface area contributed by atoms with Gasteiger partial charge in [0, 0.05) is 5.75 Å². The van der Waals surface area contributed by atoms with E-state index in [4.69, 9.17) is 21.1 Å². The van der Waals surface area contributed by atoms with E-state index in [9.17, 15) is 0 Å². The summed E-state index contributed by atoms with van der Waals surface area (Å²) in [6.45, 7) is 3.01. The number of hydrogen-bond acceptors (Lipinski definition) is 6. The van der Waals surface area contributed by atoms with Gasteiger partial charge in [-0.1, -0.05) is 47.6 Å². The number of tetrazole rings is 1. The van der Waals surface area contributed by atoms with Gasteiger partial charge in [-0.05, 0) is 41.6 Å². The molecule has 130 valence electrons. The summed E-state index contributed by atoms with van der Waals surface area (Å²) in [7, 11) is 0. The first-order valence-corrected chi connectivity index (χ1v) is 9.16. The van der Waals surface area contributed by atoms with Crippen LogP contribution in [-0.2, 0) is 0 Å². The predicted octanol–water partition coefficient (Wildman–Crippen LogP) is 3.89. The Morgan fingerprint density at radius 2 is 1.80 bits per heavy atom. The maximum Gasteiger partial charge on any atom is 0.214 e. The maximum absolute atomic E-state index is 6.07. The lowest BCUT2D eigenvalue weighted by Gasteiger charge is -2.11. The zero-order valence-electron chi connectivity index (χ0n) is 13.6. The van der Waals surface area contributed by atoms with Gasteiger partial charge in [0.2, 0.25) is 5.16 Å². The number of nitrogens with zero attached hydrogens (tertiary/aromatic N) is 4. The minimum absolute atomic E-state index is 0.494. The van der Waals surface area contributed by atoms with Crippen molar-refractivity contribution in [2.24, 2.45) is 0 Å². The molecule has 0 aliphatic heterocycles. The largest absolute Gasteiger partial charge is 0.492 e. The van der Waals surface area contributed by atoms with E-state index in [0.717, 1.165) is 11.4 Å². The number of thioether (sulfide) groups is 1. The Morgan fingerprint density at radius 1 is 1.04 bits per heavy atom. The highest BCUT2D eigenvalue weighted by Gasteiger charge is 2.13. The fourth-order valence-electron chi connectivity index (χ4n) is 2.18. The molecule has 0 N–H and O–H groups in total. The average Bonchev–Trinajstić information content (AvgIpc) is 3.09. The molecule has 0 fully saturated rings. The first kappa shape index (κ1) is 17.6. The van der Waals surface area contributed by atoms with E-state index in [0.29, 0.717) is 34.9 Å². The van der Waals surface area contributed by atoms with Crippen molar-refractivity contribution in [3.8, 4) is 17.2 Å². The minimum Gasteiger partial charge on any atom is -0.492 e. The van der Waals surface area contributed by atoms with Gasteiger partial charge in [-0.25, -0.2) is 0 Å². The van der Waals surface area contributed by atoms with Crippen molar-refractivity contribution in [1.82, 2.24) is 20.2 Å². The van der Waals surface area contributed by atoms with Crippen molar-refractivity contribution in [2.75, 3.05) is 19.0 Å². The highest BCUT2D eigenvalue weighted by atomic mass is 35.5. The molecule has 0 saturated heterocycles. The number of para-hydroxylation sites is 3. The zero-order chi connectivity index (χ0) is 17.5. The van der Waals surface area contributed by atoms with Crippen molar-refractivity contribution in [3.63, 3.8) is 0 Å². The lowest BCUT2D eigenvalue weighted by atomic mass is 10.3. The molecule has 2 aromatic carbocycles. The van der Waals surface area contributed by atoms with Crippen LogP contribution >= 0.6 is 23.4 Å². The molecule has 1 aromatic heterocycles. The average molecular weight is 377 g/mol. The number of rotatable bonds is 8. The van der Waals surface area contributed by atoms with E-state index in [-0.39, 0.29) is 0 Å². The van der Waals surface area contributed by atoms with E-state index >= 15 is 0 Å². The first-order valence-electron chi connectivity index (χ1n) is 7.80. The highest BCUT2D eigenvalue weighted by molar-refractivity contribution is 7.99. The van der Waals surface area contributed by atoms with Gasteiger partial charge in [0.25, 0.3) is 0 Å². The molecule has 0 spiro atoms. The van der Waals surface area contributed by atoms with Crippen LogP contribution in [0.3, 0.4) is 0 Å². The van der Waals surface area contributed by atoms with Crippen LogP contribution in [0.5, 0.6) is 11.5 Å². The number of hydrogen-bond donors (Lipinski definition) is 0. The predicted molar refractivity (Wildman–Crippen MR) is 98.0 cm³/mol. The summed E-state index contributed by atoms with van der Waals surface area (Å²) in [6.07, 6.45) is 0. The van der Waals surface area contributed by atoms with Gasteiger partial charge in [-0.15, -0.1) is 5.10 Å². The lowest BCUT2D eigenvalue weighted by Crippen LogP contribution is -2.05. The van der Waals surface area contributed by atoms with E-state index in [1.54, 1.807) is 10.7 Å². The normalized spacial score (nSPS) is 10.6. The summed E-state index contributed by atoms with van der Waals surface area (Å²) in [5.41, 5.74) is 0.809. The summed E-state index contributed by atoms with van der Waals surface area (Å²) >= 11 is 7.58. The van der Waals surface area contributed by atoms with Gasteiger partial charge in [-0.3, -0.25) is 0 Å². The fraction of sp³-hybridized carbons (Fsp3) is 0.235. The second kappa shape index (κ2) is 8.73. The van der Waals surface area contributed by atoms with Gasteiger partial charge < -0.3 is 9.47 Å². The SMILES string of the molecule is CCOc1ccccc1-n1nnnc1SCCOc1ccccc1Cl. The van der Waals surface area contributed by atoms with Crippen LogP contribution in [0.4, 0.5) is 0 Å². The fourth-order valence-corrected chi connectivity index (χ4v) is 3.07. The second-order valence-corrected chi connectivity index (χ2v) is 6.37. The molecule has 0 amide bonds. The second-order valence-electron chi connectivity index (χ2n) is 4.90. The van der Waals surface area contributed by atoms with Crippen molar-refractivity contribution >= 4 is 23.4 Å². The van der Waals surface area contributed by atoms with Crippen LogP contribution in [-0.4, -0.2) is 39.2 Å². The molecule has 0 radical (unpaired) electrons. The van der Waals surface area contributed by atoms with Gasteiger partial charge in [0.05, 0.1) is 18.2 Å². The number of ether oxygens (including phenoxy) is 2. The molecular weight excluding hydrogens is 360 g/mol. The minimum atomic E-state index is 0.494. The smallest absolute Gasteiger partial charge is 0.214 e. The highest BCUT2D eigenvalue weighted by Crippen LogP contribution is 2.27. The molecule has 0 unspecified atom stereocenters. The third-order valence-electron chi connectivity index (χ3n) is 3.24. The third-order valence-corrected chi connectivity index (χ3v) is 4.44. The molecule has 0 bridgehead atoms. The van der Waals surface area contributed by atoms with Crippen molar-refractivity contribution in [3.05, 3.63) is 53.6 Å². The van der Waals surface area contributed by atoms with Gasteiger partial charge >= 0.3 is 0 Å². The Bertz CT molecular complexity index is 828. The molecule has 0 saturated carbocycles. The molecule has 0 atom stereocenters. The van der Waals surface area contributed by atoms with Crippen molar-refractivity contribution in [1.29, 1.82) is 0 Å². The molecule has 1 heterocycles. The van der Waals surface area contributed by atoms with Crippen LogP contribution in [0.1, 0.15) is 6.92 Å².